The third kappa shape index (κ3) is 4.18. The van der Waals surface area contributed by atoms with Gasteiger partial charge in [-0.25, -0.2) is 8.78 Å². The number of nitrogens with one attached hydrogen (secondary N) is 2. The van der Waals surface area contributed by atoms with Crippen LogP contribution in [-0.4, -0.2) is 19.6 Å². The summed E-state index contributed by atoms with van der Waals surface area (Å²) in [5.74, 6) is -1.46. The maximum Gasteiger partial charge on any atom is 0.239 e. The van der Waals surface area contributed by atoms with Gasteiger partial charge >= 0.3 is 0 Å². The largest absolute Gasteiger partial charge is 0.496 e. The minimum atomic E-state index is -0.959. The Bertz CT molecular complexity index is 662. The molecular weight excluding hydrogens is 290 g/mol. The topological polar surface area (TPSA) is 50.4 Å². The fraction of sp³-hybridized carbons (Fsp3) is 0.188. The first-order valence-electron chi connectivity index (χ1n) is 6.67. The van der Waals surface area contributed by atoms with E-state index in [-0.39, 0.29) is 12.5 Å². The minimum Gasteiger partial charge on any atom is -0.496 e. The van der Waals surface area contributed by atoms with Crippen molar-refractivity contribution in [2.75, 3.05) is 19.0 Å². The van der Waals surface area contributed by atoms with Crippen molar-refractivity contribution < 1.29 is 18.3 Å². The van der Waals surface area contributed by atoms with Gasteiger partial charge in [0, 0.05) is 23.9 Å². The van der Waals surface area contributed by atoms with E-state index in [1.165, 1.54) is 6.07 Å². The predicted molar refractivity (Wildman–Crippen MR) is 79.7 cm³/mol. The van der Waals surface area contributed by atoms with E-state index in [0.29, 0.717) is 18.0 Å². The fourth-order valence-corrected chi connectivity index (χ4v) is 1.89. The Kier molecular flexibility index (Phi) is 5.30. The number of para-hydroxylation sites is 1. The smallest absolute Gasteiger partial charge is 0.239 e. The Balaban J connectivity index is 1.84. The molecule has 2 aromatic rings. The Hall–Kier alpha value is -2.63. The molecule has 2 aromatic carbocycles. The molecule has 0 fully saturated rings. The van der Waals surface area contributed by atoms with E-state index in [0.717, 1.165) is 17.7 Å². The average Bonchev–Trinajstić information content (AvgIpc) is 2.54. The van der Waals surface area contributed by atoms with Gasteiger partial charge < -0.3 is 15.4 Å². The van der Waals surface area contributed by atoms with Gasteiger partial charge in [-0.3, -0.25) is 4.79 Å². The van der Waals surface area contributed by atoms with Gasteiger partial charge in [0.2, 0.25) is 5.91 Å². The second kappa shape index (κ2) is 7.40. The molecule has 0 aliphatic carbocycles. The highest BCUT2D eigenvalue weighted by molar-refractivity contribution is 5.80. The number of rotatable bonds is 6. The lowest BCUT2D eigenvalue weighted by Crippen LogP contribution is -2.29. The number of carbonyl (C=O) groups is 1. The molecule has 0 unspecified atom stereocenters. The van der Waals surface area contributed by atoms with Crippen LogP contribution >= 0.6 is 0 Å². The molecule has 0 atom stereocenters. The van der Waals surface area contributed by atoms with E-state index in [1.807, 2.05) is 18.2 Å². The summed E-state index contributed by atoms with van der Waals surface area (Å²) in [5, 5.41) is 5.45. The summed E-state index contributed by atoms with van der Waals surface area (Å²) in [5.41, 5.74) is 1.19. The van der Waals surface area contributed by atoms with Gasteiger partial charge in [-0.15, -0.1) is 0 Å². The lowest BCUT2D eigenvalue weighted by atomic mass is 10.2. The van der Waals surface area contributed by atoms with Crippen molar-refractivity contribution in [1.82, 2.24) is 5.32 Å². The van der Waals surface area contributed by atoms with E-state index in [1.54, 1.807) is 13.2 Å². The van der Waals surface area contributed by atoms with Crippen molar-refractivity contribution in [3.63, 3.8) is 0 Å². The van der Waals surface area contributed by atoms with E-state index in [9.17, 15) is 13.6 Å². The molecule has 0 spiro atoms. The molecule has 22 heavy (non-hydrogen) atoms. The second-order valence-corrected chi connectivity index (χ2v) is 4.57. The third-order valence-corrected chi connectivity index (χ3v) is 3.04. The van der Waals surface area contributed by atoms with Gasteiger partial charge in [0.1, 0.15) is 5.75 Å². The Morgan fingerprint density at radius 1 is 1.14 bits per heavy atom. The van der Waals surface area contributed by atoms with E-state index in [4.69, 9.17) is 4.74 Å². The van der Waals surface area contributed by atoms with Crippen LogP contribution in [0.25, 0.3) is 0 Å². The molecule has 0 bridgehead atoms. The van der Waals surface area contributed by atoms with Crippen molar-refractivity contribution >= 4 is 11.6 Å². The highest BCUT2D eigenvalue weighted by Gasteiger charge is 2.06. The number of methoxy groups -OCH3 is 1. The number of ether oxygens (including phenoxy) is 1. The molecule has 0 heterocycles. The maximum atomic E-state index is 13.0. The third-order valence-electron chi connectivity index (χ3n) is 3.04. The molecule has 0 saturated heterocycles. The van der Waals surface area contributed by atoms with Crippen LogP contribution < -0.4 is 15.4 Å². The van der Waals surface area contributed by atoms with Crippen LogP contribution in [-0.2, 0) is 11.3 Å². The first-order valence-corrected chi connectivity index (χ1v) is 6.67. The molecule has 0 aliphatic rings. The zero-order valence-corrected chi connectivity index (χ0v) is 12.0. The van der Waals surface area contributed by atoms with E-state index >= 15 is 0 Å². The molecule has 0 aliphatic heterocycles. The number of amides is 1. The Morgan fingerprint density at radius 3 is 2.64 bits per heavy atom. The van der Waals surface area contributed by atoms with Gasteiger partial charge in [0.05, 0.1) is 13.7 Å². The fourth-order valence-electron chi connectivity index (χ4n) is 1.89. The van der Waals surface area contributed by atoms with Crippen LogP contribution in [0.4, 0.5) is 14.5 Å². The van der Waals surface area contributed by atoms with E-state index < -0.39 is 11.6 Å². The lowest BCUT2D eigenvalue weighted by molar-refractivity contribution is -0.119. The van der Waals surface area contributed by atoms with Gasteiger partial charge in [-0.1, -0.05) is 18.2 Å². The van der Waals surface area contributed by atoms with Crippen molar-refractivity contribution in [1.29, 1.82) is 0 Å². The molecule has 4 nitrogen and oxygen atoms in total. The lowest BCUT2D eigenvalue weighted by Gasteiger charge is -2.10. The highest BCUT2D eigenvalue weighted by Crippen LogP contribution is 2.16. The molecule has 2 rings (SSSR count). The van der Waals surface area contributed by atoms with E-state index in [2.05, 4.69) is 10.6 Å². The van der Waals surface area contributed by atoms with Crippen LogP contribution in [0.5, 0.6) is 5.75 Å². The molecular formula is C16H16F2N2O2. The van der Waals surface area contributed by atoms with Crippen molar-refractivity contribution in [3.8, 4) is 5.75 Å². The van der Waals surface area contributed by atoms with Crippen molar-refractivity contribution in [2.24, 2.45) is 0 Å². The molecule has 0 saturated carbocycles. The SMILES string of the molecule is COc1ccccc1CNC(=O)CNc1ccc(F)c(F)c1. The summed E-state index contributed by atoms with van der Waals surface area (Å²) in [4.78, 5) is 11.8. The number of halogens is 2. The van der Waals surface area contributed by atoms with Gasteiger partial charge in [-0.05, 0) is 18.2 Å². The summed E-state index contributed by atoms with van der Waals surface area (Å²) in [6.07, 6.45) is 0. The first kappa shape index (κ1) is 15.8. The molecule has 1 amide bonds. The Labute approximate surface area is 127 Å². The molecule has 0 aromatic heterocycles. The van der Waals surface area contributed by atoms with Crippen molar-refractivity contribution in [3.05, 3.63) is 59.7 Å². The standard InChI is InChI=1S/C16H16F2N2O2/c1-22-15-5-3-2-4-11(15)9-20-16(21)10-19-12-6-7-13(17)14(18)8-12/h2-8,19H,9-10H2,1H3,(H,20,21). The predicted octanol–water partition coefficient (Wildman–Crippen LogP) is 2.70. The van der Waals surface area contributed by atoms with Gasteiger partial charge in [0.25, 0.3) is 0 Å². The zero-order valence-electron chi connectivity index (χ0n) is 12.0. The maximum absolute atomic E-state index is 13.0. The Morgan fingerprint density at radius 2 is 1.91 bits per heavy atom. The monoisotopic (exact) mass is 306 g/mol. The normalized spacial score (nSPS) is 10.1. The van der Waals surface area contributed by atoms with Gasteiger partial charge in [-0.2, -0.15) is 0 Å². The number of anilines is 1. The van der Waals surface area contributed by atoms with Crippen LogP contribution in [0.2, 0.25) is 0 Å². The zero-order chi connectivity index (χ0) is 15.9. The highest BCUT2D eigenvalue weighted by atomic mass is 19.2. The number of hydrogen-bond donors (Lipinski definition) is 2. The average molecular weight is 306 g/mol. The summed E-state index contributed by atoms with van der Waals surface area (Å²) in [7, 11) is 1.56. The molecule has 116 valence electrons. The summed E-state index contributed by atoms with van der Waals surface area (Å²) < 4.78 is 31.0. The second-order valence-electron chi connectivity index (χ2n) is 4.57. The van der Waals surface area contributed by atoms with Crippen molar-refractivity contribution in [2.45, 2.75) is 6.54 Å². The summed E-state index contributed by atoms with van der Waals surface area (Å²) >= 11 is 0. The van der Waals surface area contributed by atoms with Gasteiger partial charge in [0.15, 0.2) is 11.6 Å². The van der Waals surface area contributed by atoms with Crippen LogP contribution in [0.3, 0.4) is 0 Å². The van der Waals surface area contributed by atoms with Crippen LogP contribution in [0.1, 0.15) is 5.56 Å². The first-order chi connectivity index (χ1) is 10.6. The summed E-state index contributed by atoms with van der Waals surface area (Å²) in [6, 6.07) is 10.7. The number of benzene rings is 2. The molecule has 2 N–H and O–H groups in total. The quantitative estimate of drug-likeness (QED) is 0.863. The van der Waals surface area contributed by atoms with Crippen LogP contribution in [0.15, 0.2) is 42.5 Å². The number of hydrogen-bond acceptors (Lipinski definition) is 3. The molecule has 6 heteroatoms. The molecule has 0 radical (unpaired) electrons. The minimum absolute atomic E-state index is 0.0414. The van der Waals surface area contributed by atoms with Crippen LogP contribution in [0, 0.1) is 11.6 Å². The number of carbonyl (C=O) groups excluding carboxylic acids is 1. The summed E-state index contributed by atoms with van der Waals surface area (Å²) in [6.45, 7) is 0.280.